The van der Waals surface area contributed by atoms with Crippen LogP contribution in [0.2, 0.25) is 0 Å². The van der Waals surface area contributed by atoms with Crippen LogP contribution in [-0.2, 0) is 14.3 Å². The molecule has 8 heteroatoms. The number of anilines is 1. The summed E-state index contributed by atoms with van der Waals surface area (Å²) in [6, 6.07) is 12.3. The number of carbonyl (C=O) groups is 3. The Kier molecular flexibility index (Phi) is 14.8. The van der Waals surface area contributed by atoms with E-state index >= 15 is 0 Å². The van der Waals surface area contributed by atoms with Crippen molar-refractivity contribution in [3.05, 3.63) is 59.7 Å². The maximum Gasteiger partial charge on any atom is 0.408 e. The van der Waals surface area contributed by atoms with Gasteiger partial charge in [-0.2, -0.15) is 0 Å². The van der Waals surface area contributed by atoms with E-state index in [-0.39, 0.29) is 17.7 Å². The van der Waals surface area contributed by atoms with Gasteiger partial charge in [0.15, 0.2) is 0 Å². The summed E-state index contributed by atoms with van der Waals surface area (Å²) in [6.45, 7) is 11.8. The summed E-state index contributed by atoms with van der Waals surface area (Å²) in [7, 11) is 1.58. The first-order chi connectivity index (χ1) is 20.9. The molecule has 0 saturated carbocycles. The summed E-state index contributed by atoms with van der Waals surface area (Å²) in [5, 5.41) is 5.79. The number of hydrogen-bond acceptors (Lipinski definition) is 5. The van der Waals surface area contributed by atoms with E-state index in [4.69, 9.17) is 15.9 Å². The van der Waals surface area contributed by atoms with Crippen LogP contribution in [0.25, 0.3) is 0 Å². The SMILES string of the molecule is C#Cc1ccc(C(C(=O)Nc2ccc(OC)cc2)N(CCCCCCCC)C(=O)C(CC(C)C)NC(=O)OC(C)(C)C)cc1. The molecular formula is C36H51N3O5. The number of terminal acetylenes is 1. The number of nitrogens with zero attached hydrogens (tertiary/aromatic N) is 1. The third-order valence-corrected chi connectivity index (χ3v) is 7.04. The standard InChI is InChI=1S/C36H51N3O5/c1-9-11-12-13-14-15-24-39(34(41)31(25-26(3)4)38-35(42)44-36(5,6)7)32(28-18-16-27(10-2)17-19-28)33(40)37-29-20-22-30(43-8)23-21-29/h2,16-23,26,31-32H,9,11-15,24-25H2,1,3-8H3,(H,37,40)(H,38,42). The molecule has 2 unspecified atom stereocenters. The van der Waals surface area contributed by atoms with E-state index in [1.165, 1.54) is 0 Å². The number of alkyl carbamates (subject to hydrolysis) is 1. The second-order valence-corrected chi connectivity index (χ2v) is 12.5. The minimum absolute atomic E-state index is 0.0938. The minimum atomic E-state index is -0.970. The highest BCUT2D eigenvalue weighted by atomic mass is 16.6. The average molecular weight is 606 g/mol. The first-order valence-corrected chi connectivity index (χ1v) is 15.7. The van der Waals surface area contributed by atoms with Crippen molar-refractivity contribution in [1.29, 1.82) is 0 Å². The molecule has 0 aliphatic heterocycles. The molecule has 0 saturated heterocycles. The molecule has 0 heterocycles. The fourth-order valence-electron chi connectivity index (χ4n) is 4.89. The number of methoxy groups -OCH3 is 1. The molecular weight excluding hydrogens is 554 g/mol. The Morgan fingerprint density at radius 1 is 0.932 bits per heavy atom. The van der Waals surface area contributed by atoms with Gasteiger partial charge < -0.3 is 25.0 Å². The predicted molar refractivity (Wildman–Crippen MR) is 176 cm³/mol. The Labute approximate surface area is 264 Å². The Morgan fingerprint density at radius 3 is 2.09 bits per heavy atom. The van der Waals surface area contributed by atoms with Crippen molar-refractivity contribution < 1.29 is 23.9 Å². The second kappa shape index (κ2) is 18.0. The smallest absolute Gasteiger partial charge is 0.408 e. The largest absolute Gasteiger partial charge is 0.497 e. The molecule has 0 aromatic heterocycles. The number of ether oxygens (including phenoxy) is 2. The topological polar surface area (TPSA) is 97.0 Å². The Balaban J connectivity index is 2.53. The highest BCUT2D eigenvalue weighted by Crippen LogP contribution is 2.27. The maximum atomic E-state index is 14.5. The molecule has 0 bridgehead atoms. The lowest BCUT2D eigenvalue weighted by Crippen LogP contribution is -2.53. The summed E-state index contributed by atoms with van der Waals surface area (Å²) >= 11 is 0. The first kappa shape index (κ1) is 36.2. The van der Waals surface area contributed by atoms with Crippen LogP contribution in [0.1, 0.15) is 104 Å². The molecule has 0 aliphatic carbocycles. The lowest BCUT2D eigenvalue weighted by Gasteiger charge is -2.35. The molecule has 0 radical (unpaired) electrons. The fourth-order valence-corrected chi connectivity index (χ4v) is 4.89. The van der Waals surface area contributed by atoms with Crippen molar-refractivity contribution in [2.45, 2.75) is 104 Å². The number of nitrogens with one attached hydrogen (secondary N) is 2. The first-order valence-electron chi connectivity index (χ1n) is 15.7. The van der Waals surface area contributed by atoms with E-state index in [2.05, 4.69) is 23.5 Å². The number of rotatable bonds is 16. The van der Waals surface area contributed by atoms with Gasteiger partial charge in [0, 0.05) is 17.8 Å². The van der Waals surface area contributed by atoms with Crippen molar-refractivity contribution in [2.75, 3.05) is 19.0 Å². The van der Waals surface area contributed by atoms with Crippen LogP contribution in [0, 0.1) is 18.3 Å². The Hall–Kier alpha value is -3.99. The molecule has 2 aromatic rings. The monoisotopic (exact) mass is 605 g/mol. The van der Waals surface area contributed by atoms with E-state index < -0.39 is 23.8 Å². The highest BCUT2D eigenvalue weighted by Gasteiger charge is 2.36. The van der Waals surface area contributed by atoms with Crippen molar-refractivity contribution in [3.8, 4) is 18.1 Å². The molecule has 240 valence electrons. The van der Waals surface area contributed by atoms with Gasteiger partial charge in [-0.25, -0.2) is 4.79 Å². The van der Waals surface area contributed by atoms with Crippen molar-refractivity contribution in [2.24, 2.45) is 5.92 Å². The number of amides is 3. The average Bonchev–Trinajstić information content (AvgIpc) is 2.97. The molecule has 2 N–H and O–H groups in total. The minimum Gasteiger partial charge on any atom is -0.497 e. The van der Waals surface area contributed by atoms with Crippen LogP contribution in [0.3, 0.4) is 0 Å². The molecule has 0 aliphatic rings. The van der Waals surface area contributed by atoms with Gasteiger partial charge in [0.1, 0.15) is 23.4 Å². The fraction of sp³-hybridized carbons (Fsp3) is 0.528. The predicted octanol–water partition coefficient (Wildman–Crippen LogP) is 7.48. The van der Waals surface area contributed by atoms with E-state index in [1.54, 1.807) is 81.3 Å². The van der Waals surface area contributed by atoms with E-state index in [0.29, 0.717) is 42.0 Å². The molecule has 2 rings (SSSR count). The van der Waals surface area contributed by atoms with E-state index in [0.717, 1.165) is 32.1 Å². The quantitative estimate of drug-likeness (QED) is 0.153. The van der Waals surface area contributed by atoms with Gasteiger partial charge in [-0.3, -0.25) is 9.59 Å². The van der Waals surface area contributed by atoms with Crippen LogP contribution in [0.4, 0.5) is 10.5 Å². The number of hydrogen-bond donors (Lipinski definition) is 2. The summed E-state index contributed by atoms with van der Waals surface area (Å²) in [6.07, 6.45) is 11.4. The van der Waals surface area contributed by atoms with Crippen molar-refractivity contribution in [1.82, 2.24) is 10.2 Å². The van der Waals surface area contributed by atoms with Crippen LogP contribution in [0.15, 0.2) is 48.5 Å². The lowest BCUT2D eigenvalue weighted by atomic mass is 9.98. The zero-order chi connectivity index (χ0) is 32.7. The summed E-state index contributed by atoms with van der Waals surface area (Å²) < 4.78 is 10.8. The van der Waals surface area contributed by atoms with Gasteiger partial charge >= 0.3 is 6.09 Å². The summed E-state index contributed by atoms with van der Waals surface area (Å²) in [4.78, 5) is 43.0. The summed E-state index contributed by atoms with van der Waals surface area (Å²) in [5.74, 6) is 2.65. The molecule has 3 amide bonds. The van der Waals surface area contributed by atoms with Crippen molar-refractivity contribution >= 4 is 23.6 Å². The molecule has 2 aromatic carbocycles. The molecule has 0 spiro atoms. The van der Waals surface area contributed by atoms with Crippen LogP contribution < -0.4 is 15.4 Å². The molecule has 2 atom stereocenters. The van der Waals surface area contributed by atoms with Crippen LogP contribution >= 0.6 is 0 Å². The zero-order valence-corrected chi connectivity index (χ0v) is 27.6. The third kappa shape index (κ3) is 12.3. The highest BCUT2D eigenvalue weighted by molar-refractivity contribution is 5.99. The van der Waals surface area contributed by atoms with Gasteiger partial charge in [-0.15, -0.1) is 6.42 Å². The lowest BCUT2D eigenvalue weighted by molar-refractivity contribution is -0.141. The van der Waals surface area contributed by atoms with Gasteiger partial charge in [0.05, 0.1) is 7.11 Å². The Morgan fingerprint density at radius 2 is 1.55 bits per heavy atom. The number of benzene rings is 2. The second-order valence-electron chi connectivity index (χ2n) is 12.5. The third-order valence-electron chi connectivity index (χ3n) is 7.04. The van der Waals surface area contributed by atoms with Crippen molar-refractivity contribution in [3.63, 3.8) is 0 Å². The van der Waals surface area contributed by atoms with Gasteiger partial charge in [0.2, 0.25) is 5.91 Å². The van der Waals surface area contributed by atoms with E-state index in [1.807, 2.05) is 13.8 Å². The van der Waals surface area contributed by atoms with E-state index in [9.17, 15) is 14.4 Å². The number of carbonyl (C=O) groups excluding carboxylic acids is 3. The van der Waals surface area contributed by atoms with Gasteiger partial charge in [-0.1, -0.05) is 70.9 Å². The van der Waals surface area contributed by atoms with Gasteiger partial charge in [0.25, 0.3) is 5.91 Å². The van der Waals surface area contributed by atoms with Gasteiger partial charge in [-0.05, 0) is 81.5 Å². The van der Waals surface area contributed by atoms with Crippen LogP contribution in [-0.4, -0.2) is 48.1 Å². The number of unbranched alkanes of at least 4 members (excludes halogenated alkanes) is 5. The maximum absolute atomic E-state index is 14.5. The Bertz CT molecular complexity index is 1230. The molecule has 8 nitrogen and oxygen atoms in total. The summed E-state index contributed by atoms with van der Waals surface area (Å²) in [5.41, 5.74) is 1.13. The van der Waals surface area contributed by atoms with Crippen LogP contribution in [0.5, 0.6) is 5.75 Å². The molecule has 0 fully saturated rings. The zero-order valence-electron chi connectivity index (χ0n) is 27.6. The normalized spacial score (nSPS) is 12.5. The molecule has 44 heavy (non-hydrogen) atoms.